The first kappa shape index (κ1) is 18.2. The quantitative estimate of drug-likeness (QED) is 0.657. The van der Waals surface area contributed by atoms with Gasteiger partial charge in [0, 0.05) is 42.1 Å². The van der Waals surface area contributed by atoms with E-state index in [9.17, 15) is 4.79 Å². The summed E-state index contributed by atoms with van der Waals surface area (Å²) in [6, 6.07) is 5.95. The van der Waals surface area contributed by atoms with E-state index in [0.717, 1.165) is 41.1 Å². The second kappa shape index (κ2) is 7.22. The number of likely N-dealkylation sites (tertiary alicyclic amines) is 1. The van der Waals surface area contributed by atoms with Crippen molar-refractivity contribution in [1.29, 1.82) is 0 Å². The number of fused-ring (bicyclic) bond motifs is 2. The summed E-state index contributed by atoms with van der Waals surface area (Å²) in [4.78, 5) is 28.7. The first-order chi connectivity index (χ1) is 14.1. The first-order valence-electron chi connectivity index (χ1n) is 9.85. The van der Waals surface area contributed by atoms with Crippen molar-refractivity contribution < 1.29 is 9.53 Å². The normalized spacial score (nSPS) is 22.8. The fraction of sp³-hybridized carbons (Fsp3) is 0.364. The highest BCUT2D eigenvalue weighted by Gasteiger charge is 2.49. The van der Waals surface area contributed by atoms with Crippen LogP contribution < -0.4 is 4.74 Å². The third-order valence-corrected chi connectivity index (χ3v) is 6.54. The molecule has 3 aromatic heterocycles. The monoisotopic (exact) mass is 406 g/mol. The third kappa shape index (κ3) is 3.40. The smallest absolute Gasteiger partial charge is 0.273 e. The molecule has 0 N–H and O–H groups in total. The molecule has 3 unspecified atom stereocenters. The molecule has 2 fully saturated rings. The molecular weight excluding hydrogens is 384 g/mol. The Morgan fingerprint density at radius 3 is 2.72 bits per heavy atom. The van der Waals surface area contributed by atoms with Crippen LogP contribution in [0.3, 0.4) is 0 Å². The first-order valence-corrected chi connectivity index (χ1v) is 10.7. The highest BCUT2D eigenvalue weighted by molar-refractivity contribution is 7.13. The van der Waals surface area contributed by atoms with Crippen molar-refractivity contribution in [3.05, 3.63) is 59.0 Å². The van der Waals surface area contributed by atoms with Gasteiger partial charge in [0.2, 0.25) is 5.88 Å². The van der Waals surface area contributed by atoms with Crippen molar-refractivity contribution in [2.75, 3.05) is 6.54 Å². The van der Waals surface area contributed by atoms with Crippen LogP contribution in [0.2, 0.25) is 0 Å². The molecule has 148 valence electrons. The molecule has 1 aliphatic carbocycles. The van der Waals surface area contributed by atoms with Gasteiger partial charge in [-0.15, -0.1) is 11.3 Å². The van der Waals surface area contributed by atoms with Gasteiger partial charge in [-0.2, -0.15) is 0 Å². The molecule has 0 aromatic carbocycles. The van der Waals surface area contributed by atoms with Gasteiger partial charge >= 0.3 is 0 Å². The van der Waals surface area contributed by atoms with E-state index in [1.807, 2.05) is 48.5 Å². The summed E-state index contributed by atoms with van der Waals surface area (Å²) >= 11 is 1.52. The number of thiazole rings is 1. The van der Waals surface area contributed by atoms with Gasteiger partial charge in [0.15, 0.2) is 0 Å². The van der Waals surface area contributed by atoms with Crippen molar-refractivity contribution in [3.8, 4) is 16.5 Å². The van der Waals surface area contributed by atoms with Crippen LogP contribution in [0.1, 0.15) is 34.5 Å². The number of piperidine rings is 1. The molecule has 1 amide bonds. The average Bonchev–Trinajstić information content (AvgIpc) is 3.46. The van der Waals surface area contributed by atoms with E-state index in [1.165, 1.54) is 11.3 Å². The molecule has 3 atom stereocenters. The molecule has 0 spiro atoms. The molecule has 1 saturated carbocycles. The van der Waals surface area contributed by atoms with E-state index in [1.54, 1.807) is 12.4 Å². The lowest BCUT2D eigenvalue weighted by Crippen LogP contribution is -2.47. The van der Waals surface area contributed by atoms with Gasteiger partial charge in [0.05, 0.1) is 6.04 Å². The Balaban J connectivity index is 1.40. The fourth-order valence-electron chi connectivity index (χ4n) is 4.40. The minimum absolute atomic E-state index is 0.0262. The zero-order chi connectivity index (χ0) is 20.0. The number of hydrogen-bond acceptors (Lipinski definition) is 6. The zero-order valence-electron chi connectivity index (χ0n) is 16.4. The minimum Gasteiger partial charge on any atom is -0.472 e. The molecule has 4 heterocycles. The lowest BCUT2D eigenvalue weighted by atomic mass is 10.1. The van der Waals surface area contributed by atoms with Crippen molar-refractivity contribution >= 4 is 17.2 Å². The van der Waals surface area contributed by atoms with E-state index in [2.05, 4.69) is 15.0 Å². The van der Waals surface area contributed by atoms with E-state index in [0.29, 0.717) is 17.5 Å². The minimum atomic E-state index is -0.0344. The van der Waals surface area contributed by atoms with Gasteiger partial charge in [0.25, 0.3) is 5.91 Å². The molecular formula is C22H22N4O2S. The second-order valence-electron chi connectivity index (χ2n) is 7.94. The zero-order valence-corrected chi connectivity index (χ0v) is 17.2. The number of ether oxygens (including phenoxy) is 1. The molecule has 1 aliphatic heterocycles. The molecule has 3 aromatic rings. The van der Waals surface area contributed by atoms with Gasteiger partial charge in [-0.05, 0) is 49.8 Å². The van der Waals surface area contributed by atoms with Gasteiger partial charge < -0.3 is 9.64 Å². The highest BCUT2D eigenvalue weighted by Crippen LogP contribution is 2.41. The van der Waals surface area contributed by atoms with Crippen LogP contribution in [-0.2, 0) is 0 Å². The summed E-state index contributed by atoms with van der Waals surface area (Å²) in [6.07, 6.45) is 7.23. The Morgan fingerprint density at radius 1 is 1.14 bits per heavy atom. The largest absolute Gasteiger partial charge is 0.472 e. The van der Waals surface area contributed by atoms with E-state index < -0.39 is 0 Å². The van der Waals surface area contributed by atoms with Gasteiger partial charge in [0.1, 0.15) is 16.8 Å². The molecule has 2 aliphatic rings. The van der Waals surface area contributed by atoms with Crippen molar-refractivity contribution in [1.82, 2.24) is 19.9 Å². The molecule has 0 radical (unpaired) electrons. The molecule has 2 bridgehead atoms. The summed E-state index contributed by atoms with van der Waals surface area (Å²) in [5.74, 6) is 1.05. The van der Waals surface area contributed by atoms with Crippen LogP contribution >= 0.6 is 11.3 Å². The topological polar surface area (TPSA) is 68.2 Å². The predicted octanol–water partition coefficient (Wildman–Crippen LogP) is 3.90. The van der Waals surface area contributed by atoms with E-state index in [4.69, 9.17) is 4.74 Å². The Kier molecular flexibility index (Phi) is 4.54. The number of aryl methyl sites for hydroxylation is 2. The Hall–Kier alpha value is -2.80. The number of amides is 1. The van der Waals surface area contributed by atoms with Crippen molar-refractivity contribution in [2.45, 2.75) is 38.8 Å². The van der Waals surface area contributed by atoms with Gasteiger partial charge in [-0.1, -0.05) is 6.07 Å². The maximum absolute atomic E-state index is 13.5. The summed E-state index contributed by atoms with van der Waals surface area (Å²) in [5, 5.41) is 2.74. The van der Waals surface area contributed by atoms with Crippen LogP contribution in [0.5, 0.6) is 5.88 Å². The van der Waals surface area contributed by atoms with Crippen LogP contribution in [0.4, 0.5) is 0 Å². The summed E-state index contributed by atoms with van der Waals surface area (Å²) in [7, 11) is 0. The predicted molar refractivity (Wildman–Crippen MR) is 111 cm³/mol. The number of pyridine rings is 2. The number of carbonyl (C=O) groups is 1. The summed E-state index contributed by atoms with van der Waals surface area (Å²) < 4.78 is 6.17. The Morgan fingerprint density at radius 2 is 2.00 bits per heavy atom. The van der Waals surface area contributed by atoms with Crippen molar-refractivity contribution in [2.24, 2.45) is 5.92 Å². The number of nitrogens with zero attached hydrogens (tertiary/aromatic N) is 4. The number of hydrogen-bond donors (Lipinski definition) is 0. The van der Waals surface area contributed by atoms with Gasteiger partial charge in [-0.3, -0.25) is 9.78 Å². The SMILES string of the molecule is Cc1ccc(OC2CC3CC2N(C(=O)c2ncc(C)cc2-c2nccs2)C3)nc1. The maximum Gasteiger partial charge on any atom is 0.273 e. The standard InChI is InChI=1S/C22H22N4O2S/c1-13-3-4-19(24-10-13)28-18-9-15-8-17(18)26(12-15)22(27)20-16(7-14(2)11-25-20)21-23-5-6-29-21/h3-7,10-11,15,17-18H,8-9,12H2,1-2H3. The average molecular weight is 407 g/mol. The highest BCUT2D eigenvalue weighted by atomic mass is 32.1. The van der Waals surface area contributed by atoms with Crippen LogP contribution in [-0.4, -0.2) is 44.4 Å². The third-order valence-electron chi connectivity index (χ3n) is 5.73. The molecule has 29 heavy (non-hydrogen) atoms. The lowest BCUT2D eigenvalue weighted by molar-refractivity contribution is 0.0462. The second-order valence-corrected chi connectivity index (χ2v) is 8.83. The van der Waals surface area contributed by atoms with Crippen LogP contribution in [0.15, 0.2) is 42.2 Å². The molecule has 6 nitrogen and oxygen atoms in total. The number of carbonyl (C=O) groups excluding carboxylic acids is 1. The Labute approximate surface area is 173 Å². The number of rotatable bonds is 4. The molecule has 5 rings (SSSR count). The maximum atomic E-state index is 13.5. The van der Waals surface area contributed by atoms with Crippen LogP contribution in [0, 0.1) is 19.8 Å². The summed E-state index contributed by atoms with van der Waals surface area (Å²) in [6.45, 7) is 4.75. The molecule has 7 heteroatoms. The van der Waals surface area contributed by atoms with Gasteiger partial charge in [-0.25, -0.2) is 9.97 Å². The fourth-order valence-corrected chi connectivity index (χ4v) is 5.05. The van der Waals surface area contributed by atoms with Crippen LogP contribution in [0.25, 0.3) is 10.6 Å². The Bertz CT molecular complexity index is 1040. The molecule has 1 saturated heterocycles. The number of aromatic nitrogens is 3. The van der Waals surface area contributed by atoms with Crippen molar-refractivity contribution in [3.63, 3.8) is 0 Å². The summed E-state index contributed by atoms with van der Waals surface area (Å²) in [5.41, 5.74) is 3.40. The van der Waals surface area contributed by atoms with E-state index in [-0.39, 0.29) is 18.1 Å². The lowest BCUT2D eigenvalue weighted by Gasteiger charge is -2.33. The van der Waals surface area contributed by atoms with E-state index >= 15 is 0 Å².